The second kappa shape index (κ2) is 8.94. The molecule has 0 aliphatic carbocycles. The Hall–Kier alpha value is -0.520. The maximum absolute atomic E-state index is 10.1. The van der Waals surface area contributed by atoms with Crippen molar-refractivity contribution in [1.82, 2.24) is 4.90 Å². The number of ether oxygens (including phenoxy) is 2. The molecule has 1 heterocycles. The summed E-state index contributed by atoms with van der Waals surface area (Å²) < 4.78 is 10.8. The maximum Gasteiger partial charge on any atom is 0.139 e. The Morgan fingerprint density at radius 3 is 2.73 bits per heavy atom. The van der Waals surface area contributed by atoms with Crippen LogP contribution >= 0.6 is 23.2 Å². The molecular weight excluding hydrogens is 325 g/mol. The van der Waals surface area contributed by atoms with E-state index in [4.69, 9.17) is 32.7 Å². The number of benzene rings is 1. The van der Waals surface area contributed by atoms with Crippen molar-refractivity contribution in [3.8, 4) is 5.75 Å². The van der Waals surface area contributed by atoms with Crippen LogP contribution in [0.4, 0.5) is 0 Å². The molecule has 2 rings (SSSR count). The fourth-order valence-corrected chi connectivity index (χ4v) is 3.03. The molecule has 0 aromatic heterocycles. The smallest absolute Gasteiger partial charge is 0.139 e. The van der Waals surface area contributed by atoms with Crippen molar-refractivity contribution in [2.45, 2.75) is 18.9 Å². The third-order valence-corrected chi connectivity index (χ3v) is 4.45. The predicted molar refractivity (Wildman–Crippen MR) is 89.0 cm³/mol. The van der Waals surface area contributed by atoms with E-state index >= 15 is 0 Å². The van der Waals surface area contributed by atoms with Gasteiger partial charge in [0.1, 0.15) is 18.5 Å². The summed E-state index contributed by atoms with van der Waals surface area (Å²) in [5, 5.41) is 11.2. The number of nitrogens with zero attached hydrogens (tertiary/aromatic N) is 1. The quantitative estimate of drug-likeness (QED) is 0.822. The molecule has 6 heteroatoms. The molecule has 1 aliphatic rings. The summed E-state index contributed by atoms with van der Waals surface area (Å²) >= 11 is 11.9. The normalized spacial score (nSPS) is 18.4. The zero-order chi connectivity index (χ0) is 15.9. The number of aliphatic hydroxyl groups excluding tert-OH is 1. The zero-order valence-electron chi connectivity index (χ0n) is 12.8. The monoisotopic (exact) mass is 347 g/mol. The lowest BCUT2D eigenvalue weighted by Crippen LogP contribution is -2.41. The molecule has 1 fully saturated rings. The summed E-state index contributed by atoms with van der Waals surface area (Å²) in [7, 11) is 1.74. The number of β-amino-alcohol motifs (C(OH)–C–C–N with tert-alkyl or cyclic N) is 1. The summed E-state index contributed by atoms with van der Waals surface area (Å²) in [5.41, 5.74) is 0. The Morgan fingerprint density at radius 1 is 1.32 bits per heavy atom. The van der Waals surface area contributed by atoms with E-state index < -0.39 is 6.10 Å². The van der Waals surface area contributed by atoms with Crippen molar-refractivity contribution < 1.29 is 14.6 Å². The maximum atomic E-state index is 10.1. The van der Waals surface area contributed by atoms with Gasteiger partial charge in [0, 0.05) is 31.4 Å². The highest BCUT2D eigenvalue weighted by Crippen LogP contribution is 2.27. The van der Waals surface area contributed by atoms with Crippen LogP contribution in [0, 0.1) is 5.92 Å². The molecule has 0 radical (unpaired) electrons. The van der Waals surface area contributed by atoms with Crippen molar-refractivity contribution in [3.05, 3.63) is 28.2 Å². The van der Waals surface area contributed by atoms with E-state index in [1.54, 1.807) is 25.3 Å². The number of hydrogen-bond acceptors (Lipinski definition) is 4. The first-order chi connectivity index (χ1) is 10.6. The van der Waals surface area contributed by atoms with Gasteiger partial charge in [0.2, 0.25) is 0 Å². The van der Waals surface area contributed by atoms with Gasteiger partial charge in [-0.15, -0.1) is 0 Å². The first kappa shape index (κ1) is 17.8. The molecular formula is C16H23Cl2NO3. The standard InChI is InChI=1S/C16H23Cl2NO3/c1-21-10-12-4-6-19(7-5-12)9-14(20)11-22-16-8-13(17)2-3-15(16)18/h2-3,8,12,14,20H,4-7,9-11H2,1H3. The van der Waals surface area contributed by atoms with Crippen molar-refractivity contribution in [2.75, 3.05) is 40.0 Å². The van der Waals surface area contributed by atoms with Gasteiger partial charge in [-0.2, -0.15) is 0 Å². The van der Waals surface area contributed by atoms with Crippen molar-refractivity contribution in [2.24, 2.45) is 5.92 Å². The minimum absolute atomic E-state index is 0.206. The van der Waals surface area contributed by atoms with Crippen LogP contribution in [-0.2, 0) is 4.74 Å². The molecule has 0 amide bonds. The van der Waals surface area contributed by atoms with Crippen molar-refractivity contribution >= 4 is 23.2 Å². The van der Waals surface area contributed by atoms with Crippen molar-refractivity contribution in [1.29, 1.82) is 0 Å². The minimum atomic E-state index is -0.547. The molecule has 1 unspecified atom stereocenters. The summed E-state index contributed by atoms with van der Waals surface area (Å²) in [6, 6.07) is 5.05. The van der Waals surface area contributed by atoms with Gasteiger partial charge in [-0.1, -0.05) is 23.2 Å². The molecule has 124 valence electrons. The van der Waals surface area contributed by atoms with Gasteiger partial charge in [0.15, 0.2) is 0 Å². The minimum Gasteiger partial charge on any atom is -0.489 e. The number of likely N-dealkylation sites (tertiary alicyclic amines) is 1. The van der Waals surface area contributed by atoms with Crippen LogP contribution in [0.2, 0.25) is 10.0 Å². The van der Waals surface area contributed by atoms with Gasteiger partial charge in [-0.25, -0.2) is 0 Å². The predicted octanol–water partition coefficient (Wildman–Crippen LogP) is 3.09. The second-order valence-electron chi connectivity index (χ2n) is 5.74. The van der Waals surface area contributed by atoms with Gasteiger partial charge < -0.3 is 19.5 Å². The van der Waals surface area contributed by atoms with Crippen LogP contribution in [0.25, 0.3) is 0 Å². The number of rotatable bonds is 7. The van der Waals surface area contributed by atoms with E-state index in [1.165, 1.54) is 0 Å². The van der Waals surface area contributed by atoms with Crippen molar-refractivity contribution in [3.63, 3.8) is 0 Å². The highest BCUT2D eigenvalue weighted by molar-refractivity contribution is 6.34. The molecule has 22 heavy (non-hydrogen) atoms. The lowest BCUT2D eigenvalue weighted by Gasteiger charge is -2.32. The average molecular weight is 348 g/mol. The largest absolute Gasteiger partial charge is 0.489 e. The lowest BCUT2D eigenvalue weighted by atomic mass is 9.97. The van der Waals surface area contributed by atoms with E-state index in [1.807, 2.05) is 0 Å². The lowest BCUT2D eigenvalue weighted by molar-refractivity contribution is 0.0440. The fourth-order valence-electron chi connectivity index (χ4n) is 2.70. The number of hydrogen-bond donors (Lipinski definition) is 1. The van der Waals surface area contributed by atoms with E-state index in [0.717, 1.165) is 32.5 Å². The number of piperidine rings is 1. The summed E-state index contributed by atoms with van der Waals surface area (Å²) in [4.78, 5) is 2.26. The van der Waals surface area contributed by atoms with Gasteiger partial charge in [-0.05, 0) is 44.0 Å². The Morgan fingerprint density at radius 2 is 2.05 bits per heavy atom. The molecule has 1 aromatic rings. The van der Waals surface area contributed by atoms with Gasteiger partial charge >= 0.3 is 0 Å². The van der Waals surface area contributed by atoms with Crippen LogP contribution in [0.3, 0.4) is 0 Å². The SMILES string of the molecule is COCC1CCN(CC(O)COc2cc(Cl)ccc2Cl)CC1. The number of halogens is 2. The first-order valence-electron chi connectivity index (χ1n) is 7.55. The first-order valence-corrected chi connectivity index (χ1v) is 8.31. The molecule has 4 nitrogen and oxygen atoms in total. The van der Waals surface area contributed by atoms with Crippen LogP contribution in [0.5, 0.6) is 5.75 Å². The molecule has 0 bridgehead atoms. The number of methoxy groups -OCH3 is 1. The van der Waals surface area contributed by atoms with Crippen LogP contribution < -0.4 is 4.74 Å². The third-order valence-electron chi connectivity index (χ3n) is 3.90. The summed E-state index contributed by atoms with van der Waals surface area (Å²) in [6.45, 7) is 3.62. The zero-order valence-corrected chi connectivity index (χ0v) is 14.3. The number of aliphatic hydroxyl groups is 1. The van der Waals surface area contributed by atoms with Gasteiger partial charge in [0.25, 0.3) is 0 Å². The Balaban J connectivity index is 1.72. The van der Waals surface area contributed by atoms with E-state index in [9.17, 15) is 5.11 Å². The van der Waals surface area contributed by atoms with E-state index in [2.05, 4.69) is 4.90 Å². The molecule has 1 N–H and O–H groups in total. The summed E-state index contributed by atoms with van der Waals surface area (Å²) in [6.07, 6.45) is 1.68. The highest BCUT2D eigenvalue weighted by Gasteiger charge is 2.21. The highest BCUT2D eigenvalue weighted by atomic mass is 35.5. The molecule has 1 aliphatic heterocycles. The third kappa shape index (κ3) is 5.60. The van der Waals surface area contributed by atoms with E-state index in [-0.39, 0.29) is 6.61 Å². The summed E-state index contributed by atoms with van der Waals surface area (Å²) in [5.74, 6) is 1.15. The van der Waals surface area contributed by atoms with Crippen LogP contribution in [-0.4, -0.2) is 56.1 Å². The van der Waals surface area contributed by atoms with Crippen LogP contribution in [0.15, 0.2) is 18.2 Å². The van der Waals surface area contributed by atoms with Gasteiger partial charge in [0.05, 0.1) is 5.02 Å². The molecule has 0 saturated carbocycles. The molecule has 1 saturated heterocycles. The Bertz CT molecular complexity index is 465. The fraction of sp³-hybridized carbons (Fsp3) is 0.625. The molecule has 0 spiro atoms. The van der Waals surface area contributed by atoms with E-state index in [0.29, 0.717) is 28.3 Å². The molecule has 1 atom stereocenters. The average Bonchev–Trinajstić information content (AvgIpc) is 2.50. The second-order valence-corrected chi connectivity index (χ2v) is 6.58. The Labute approximate surface area is 141 Å². The van der Waals surface area contributed by atoms with Crippen LogP contribution in [0.1, 0.15) is 12.8 Å². The van der Waals surface area contributed by atoms with Gasteiger partial charge in [-0.3, -0.25) is 0 Å². The Kier molecular flexibility index (Phi) is 7.25. The molecule has 1 aromatic carbocycles. The topological polar surface area (TPSA) is 41.9 Å².